The largest absolute Gasteiger partial charge is 0.340 e. The molecule has 0 N–H and O–H groups in total. The average molecular weight is 239 g/mol. The maximum Gasteiger partial charge on any atom is 0.272 e. The van der Waals surface area contributed by atoms with Crippen LogP contribution in [0.1, 0.15) is 16.9 Å². The Morgan fingerprint density at radius 2 is 2.00 bits per heavy atom. The summed E-state index contributed by atoms with van der Waals surface area (Å²) in [5, 5.41) is 0. The summed E-state index contributed by atoms with van der Waals surface area (Å²) in [5.41, 5.74) is 0.150. The number of rotatable bonds is 5. The van der Waals surface area contributed by atoms with Gasteiger partial charge in [-0.05, 0) is 39.2 Å². The second kappa shape index (κ2) is 6.30. The van der Waals surface area contributed by atoms with Gasteiger partial charge in [-0.3, -0.25) is 4.79 Å². The summed E-state index contributed by atoms with van der Waals surface area (Å²) in [6.07, 6.45) is 0.880. The van der Waals surface area contributed by atoms with Gasteiger partial charge < -0.3 is 9.80 Å². The van der Waals surface area contributed by atoms with E-state index in [9.17, 15) is 9.18 Å². The minimum absolute atomic E-state index is 0.150. The number of pyridine rings is 1. The highest BCUT2D eigenvalue weighted by Gasteiger charge is 2.13. The zero-order valence-electron chi connectivity index (χ0n) is 10.5. The zero-order chi connectivity index (χ0) is 12.8. The Bertz CT molecular complexity index is 382. The van der Waals surface area contributed by atoms with Crippen LogP contribution in [0.15, 0.2) is 18.2 Å². The molecule has 0 fully saturated rings. The van der Waals surface area contributed by atoms with Gasteiger partial charge in [0.05, 0.1) is 0 Å². The predicted octanol–water partition coefficient (Wildman–Crippen LogP) is 1.24. The van der Waals surface area contributed by atoms with Crippen LogP contribution in [0.4, 0.5) is 4.39 Å². The number of amides is 1. The molecule has 94 valence electrons. The Balaban J connectivity index is 2.52. The molecule has 1 heterocycles. The highest BCUT2D eigenvalue weighted by molar-refractivity contribution is 5.92. The third-order valence-electron chi connectivity index (χ3n) is 2.38. The van der Waals surface area contributed by atoms with Crippen LogP contribution in [0.3, 0.4) is 0 Å². The lowest BCUT2D eigenvalue weighted by Crippen LogP contribution is -2.30. The minimum Gasteiger partial charge on any atom is -0.340 e. The molecule has 0 unspecified atom stereocenters. The standard InChI is InChI=1S/C12H18FN3O/c1-15(2)8-5-9-16(3)12(17)10-6-4-7-11(13)14-10/h4,6-7H,5,8-9H2,1-3H3. The Kier molecular flexibility index (Phi) is 5.03. The SMILES string of the molecule is CN(C)CCCN(C)C(=O)c1cccc(F)n1. The number of hydrogen-bond acceptors (Lipinski definition) is 3. The second-order valence-corrected chi connectivity index (χ2v) is 4.23. The van der Waals surface area contributed by atoms with Crippen molar-refractivity contribution in [2.75, 3.05) is 34.2 Å². The van der Waals surface area contributed by atoms with Crippen molar-refractivity contribution >= 4 is 5.91 Å². The lowest BCUT2D eigenvalue weighted by molar-refractivity contribution is 0.0783. The Morgan fingerprint density at radius 3 is 2.59 bits per heavy atom. The molecule has 17 heavy (non-hydrogen) atoms. The van der Waals surface area contributed by atoms with Crippen molar-refractivity contribution in [2.24, 2.45) is 0 Å². The van der Waals surface area contributed by atoms with Gasteiger partial charge in [-0.25, -0.2) is 4.98 Å². The number of hydrogen-bond donors (Lipinski definition) is 0. The molecule has 1 amide bonds. The molecule has 0 saturated heterocycles. The lowest BCUT2D eigenvalue weighted by Gasteiger charge is -2.18. The highest BCUT2D eigenvalue weighted by Crippen LogP contribution is 2.02. The van der Waals surface area contributed by atoms with E-state index in [2.05, 4.69) is 9.88 Å². The van der Waals surface area contributed by atoms with Gasteiger partial charge in [-0.1, -0.05) is 6.07 Å². The number of nitrogens with zero attached hydrogens (tertiary/aromatic N) is 3. The molecule has 5 heteroatoms. The summed E-state index contributed by atoms with van der Waals surface area (Å²) < 4.78 is 12.9. The first-order chi connectivity index (χ1) is 8.00. The first kappa shape index (κ1) is 13.6. The van der Waals surface area contributed by atoms with Crippen molar-refractivity contribution in [2.45, 2.75) is 6.42 Å². The van der Waals surface area contributed by atoms with Gasteiger partial charge in [-0.15, -0.1) is 0 Å². The molecule has 0 aliphatic carbocycles. The molecule has 1 aromatic heterocycles. The maximum atomic E-state index is 12.9. The highest BCUT2D eigenvalue weighted by atomic mass is 19.1. The molecular weight excluding hydrogens is 221 g/mol. The van der Waals surface area contributed by atoms with Crippen LogP contribution in [-0.4, -0.2) is 54.9 Å². The predicted molar refractivity (Wildman–Crippen MR) is 64.3 cm³/mol. The number of aromatic nitrogens is 1. The van der Waals surface area contributed by atoms with E-state index in [1.54, 1.807) is 11.9 Å². The van der Waals surface area contributed by atoms with E-state index in [1.807, 2.05) is 14.1 Å². The van der Waals surface area contributed by atoms with Crippen molar-refractivity contribution < 1.29 is 9.18 Å². The van der Waals surface area contributed by atoms with Crippen molar-refractivity contribution in [3.8, 4) is 0 Å². The first-order valence-corrected chi connectivity index (χ1v) is 5.53. The zero-order valence-corrected chi connectivity index (χ0v) is 10.5. The monoisotopic (exact) mass is 239 g/mol. The van der Waals surface area contributed by atoms with E-state index < -0.39 is 5.95 Å². The molecule has 0 atom stereocenters. The fraction of sp³-hybridized carbons (Fsp3) is 0.500. The molecule has 0 spiro atoms. The summed E-state index contributed by atoms with van der Waals surface area (Å²) in [4.78, 5) is 19.0. The Hall–Kier alpha value is -1.49. The first-order valence-electron chi connectivity index (χ1n) is 5.53. The van der Waals surface area contributed by atoms with E-state index in [4.69, 9.17) is 0 Å². The number of carbonyl (C=O) groups is 1. The van der Waals surface area contributed by atoms with E-state index >= 15 is 0 Å². The quantitative estimate of drug-likeness (QED) is 0.725. The second-order valence-electron chi connectivity index (χ2n) is 4.23. The molecule has 0 radical (unpaired) electrons. The summed E-state index contributed by atoms with van der Waals surface area (Å²) in [6, 6.07) is 4.24. The molecular formula is C12H18FN3O. The summed E-state index contributed by atoms with van der Waals surface area (Å²) in [7, 11) is 5.66. The average Bonchev–Trinajstić information content (AvgIpc) is 2.27. The van der Waals surface area contributed by atoms with E-state index in [-0.39, 0.29) is 11.6 Å². The number of carbonyl (C=O) groups excluding carboxylic acids is 1. The molecule has 4 nitrogen and oxygen atoms in total. The van der Waals surface area contributed by atoms with Crippen molar-refractivity contribution in [3.63, 3.8) is 0 Å². The smallest absolute Gasteiger partial charge is 0.272 e. The molecule has 1 aromatic rings. The van der Waals surface area contributed by atoms with E-state index in [0.29, 0.717) is 6.54 Å². The summed E-state index contributed by atoms with van der Waals surface area (Å²) in [5.74, 6) is -0.874. The van der Waals surface area contributed by atoms with Crippen LogP contribution >= 0.6 is 0 Å². The molecule has 0 aliphatic rings. The lowest BCUT2D eigenvalue weighted by atomic mass is 10.3. The van der Waals surface area contributed by atoms with Crippen LogP contribution in [0.2, 0.25) is 0 Å². The molecule has 0 saturated carbocycles. The fourth-order valence-electron chi connectivity index (χ4n) is 1.45. The third kappa shape index (κ3) is 4.48. The summed E-state index contributed by atoms with van der Waals surface area (Å²) >= 11 is 0. The van der Waals surface area contributed by atoms with Crippen LogP contribution < -0.4 is 0 Å². The van der Waals surface area contributed by atoms with Gasteiger partial charge in [0.1, 0.15) is 5.69 Å². The van der Waals surface area contributed by atoms with Crippen molar-refractivity contribution in [1.29, 1.82) is 0 Å². The third-order valence-corrected chi connectivity index (χ3v) is 2.38. The van der Waals surface area contributed by atoms with Crippen molar-refractivity contribution in [3.05, 3.63) is 29.8 Å². The molecule has 0 aromatic carbocycles. The van der Waals surface area contributed by atoms with Gasteiger partial charge >= 0.3 is 0 Å². The molecule has 0 bridgehead atoms. The molecule has 1 rings (SSSR count). The van der Waals surface area contributed by atoms with E-state index in [1.165, 1.54) is 18.2 Å². The van der Waals surface area contributed by atoms with Crippen molar-refractivity contribution in [1.82, 2.24) is 14.8 Å². The minimum atomic E-state index is -0.627. The van der Waals surface area contributed by atoms with E-state index in [0.717, 1.165) is 13.0 Å². The van der Waals surface area contributed by atoms with Gasteiger partial charge in [0.15, 0.2) is 0 Å². The Labute approximate surface area is 101 Å². The molecule has 0 aliphatic heterocycles. The number of halogens is 1. The Morgan fingerprint density at radius 1 is 1.29 bits per heavy atom. The van der Waals surface area contributed by atoms with Gasteiger partial charge in [-0.2, -0.15) is 4.39 Å². The summed E-state index contributed by atoms with van der Waals surface area (Å²) in [6.45, 7) is 1.55. The van der Waals surface area contributed by atoms with Crippen LogP contribution in [0.25, 0.3) is 0 Å². The van der Waals surface area contributed by atoms with Crippen LogP contribution in [-0.2, 0) is 0 Å². The fourth-order valence-corrected chi connectivity index (χ4v) is 1.45. The van der Waals surface area contributed by atoms with Gasteiger partial charge in [0.2, 0.25) is 5.95 Å². The van der Waals surface area contributed by atoms with Crippen LogP contribution in [0, 0.1) is 5.95 Å². The normalized spacial score (nSPS) is 10.6. The van der Waals surface area contributed by atoms with Gasteiger partial charge in [0.25, 0.3) is 5.91 Å². The topological polar surface area (TPSA) is 36.4 Å². The van der Waals surface area contributed by atoms with Gasteiger partial charge in [0, 0.05) is 13.6 Å². The van der Waals surface area contributed by atoms with Crippen LogP contribution in [0.5, 0.6) is 0 Å². The maximum absolute atomic E-state index is 12.9.